The predicted molar refractivity (Wildman–Crippen MR) is 102 cm³/mol. The van der Waals surface area contributed by atoms with Crippen LogP contribution < -0.4 is 10.8 Å². The van der Waals surface area contributed by atoms with Gasteiger partial charge in [-0.15, -0.1) is 0 Å². The maximum Gasteiger partial charge on any atom is 0.330 e. The Morgan fingerprint density at radius 1 is 1.33 bits per heavy atom. The van der Waals surface area contributed by atoms with E-state index in [1.807, 2.05) is 0 Å². The molecule has 162 valence electrons. The number of ether oxygens (including phenoxy) is 1. The number of primary amides is 1. The quantitative estimate of drug-likeness (QED) is 0.526. The van der Waals surface area contributed by atoms with Gasteiger partial charge in [0.25, 0.3) is 0 Å². The first kappa shape index (κ1) is 23.0. The number of carbonyl (C=O) groups excluding carboxylic acids is 3. The van der Waals surface area contributed by atoms with Crippen LogP contribution in [-0.4, -0.2) is 54.1 Å². The number of esters is 1. The molecule has 2 heterocycles. The van der Waals surface area contributed by atoms with Gasteiger partial charge in [-0.05, 0) is 44.1 Å². The molecule has 9 nitrogen and oxygen atoms in total. The molecule has 0 bridgehead atoms. The second kappa shape index (κ2) is 11.1. The summed E-state index contributed by atoms with van der Waals surface area (Å²) in [5, 5.41) is 15.2. The lowest BCUT2D eigenvalue weighted by Crippen LogP contribution is -2.35. The Balaban J connectivity index is 0.000000735. The standard InChI is InChI=1S/C18H19FN2O5.C2H5NO/c19-13-1-2-14-15(11-13)26-20-18(14)12-5-7-21(8-6-12)9-10-25-17(24)4-3-16(22)23;1-2(3)4/h1-4,11-12H,5-10H2,(H,22,23);1H3,(H2,3,4)/p-1/b4-3+;. The number of carboxylic acids is 1. The molecule has 0 unspecified atom stereocenters. The number of aromatic nitrogens is 1. The summed E-state index contributed by atoms with van der Waals surface area (Å²) in [6.07, 6.45) is 3.22. The van der Waals surface area contributed by atoms with E-state index in [-0.39, 0.29) is 24.2 Å². The van der Waals surface area contributed by atoms with Crippen LogP contribution in [0.1, 0.15) is 31.4 Å². The Kier molecular flexibility index (Phi) is 8.48. The van der Waals surface area contributed by atoms with Gasteiger partial charge in [0.15, 0.2) is 5.58 Å². The molecule has 1 aliphatic rings. The van der Waals surface area contributed by atoms with Crippen molar-refractivity contribution >= 4 is 28.8 Å². The number of carbonyl (C=O) groups is 3. The van der Waals surface area contributed by atoms with E-state index in [2.05, 4.69) is 15.8 Å². The van der Waals surface area contributed by atoms with Crippen molar-refractivity contribution in [1.82, 2.24) is 10.1 Å². The number of fused-ring (bicyclic) bond motifs is 1. The highest BCUT2D eigenvalue weighted by atomic mass is 19.1. The Morgan fingerprint density at radius 2 is 2.00 bits per heavy atom. The first-order valence-electron chi connectivity index (χ1n) is 9.35. The number of rotatable bonds is 6. The zero-order chi connectivity index (χ0) is 22.1. The van der Waals surface area contributed by atoms with Crippen LogP contribution in [0.2, 0.25) is 0 Å². The minimum Gasteiger partial charge on any atom is -0.545 e. The molecule has 2 N–H and O–H groups in total. The molecule has 2 aromatic rings. The summed E-state index contributed by atoms with van der Waals surface area (Å²) in [6, 6.07) is 4.44. The van der Waals surface area contributed by atoms with Gasteiger partial charge in [-0.1, -0.05) is 5.16 Å². The average molecular weight is 420 g/mol. The minimum atomic E-state index is -1.44. The molecule has 1 aliphatic heterocycles. The van der Waals surface area contributed by atoms with Gasteiger partial charge in [-0.3, -0.25) is 9.69 Å². The molecule has 0 saturated carbocycles. The third-order valence-electron chi connectivity index (χ3n) is 4.44. The lowest BCUT2D eigenvalue weighted by molar-refractivity contribution is -0.297. The summed E-state index contributed by atoms with van der Waals surface area (Å²) in [7, 11) is 0. The minimum absolute atomic E-state index is 0.188. The lowest BCUT2D eigenvalue weighted by atomic mass is 9.91. The smallest absolute Gasteiger partial charge is 0.330 e. The van der Waals surface area contributed by atoms with E-state index in [4.69, 9.17) is 9.26 Å². The molecule has 0 atom stereocenters. The first-order valence-corrected chi connectivity index (χ1v) is 9.35. The Hall–Kier alpha value is -3.27. The predicted octanol–water partition coefficient (Wildman–Crippen LogP) is 0.487. The van der Waals surface area contributed by atoms with Gasteiger partial charge in [-0.2, -0.15) is 0 Å². The van der Waals surface area contributed by atoms with Gasteiger partial charge < -0.3 is 24.9 Å². The summed E-state index contributed by atoms with van der Waals surface area (Å²) in [6.45, 7) is 3.69. The van der Waals surface area contributed by atoms with Crippen LogP contribution in [0.3, 0.4) is 0 Å². The number of hydrogen-bond acceptors (Lipinski definition) is 8. The third-order valence-corrected chi connectivity index (χ3v) is 4.44. The summed E-state index contributed by atoms with van der Waals surface area (Å²) < 4.78 is 23.4. The summed E-state index contributed by atoms with van der Waals surface area (Å²) in [5.74, 6) is -2.58. The van der Waals surface area contributed by atoms with Gasteiger partial charge in [0.1, 0.15) is 12.4 Å². The number of piperidine rings is 1. The normalized spacial score (nSPS) is 15.0. The topological polar surface area (TPSA) is 139 Å². The van der Waals surface area contributed by atoms with Crippen LogP contribution in [0.5, 0.6) is 0 Å². The molecule has 1 aromatic heterocycles. The second-order valence-electron chi connectivity index (χ2n) is 6.75. The van der Waals surface area contributed by atoms with Gasteiger partial charge >= 0.3 is 5.97 Å². The zero-order valence-electron chi connectivity index (χ0n) is 16.5. The maximum atomic E-state index is 13.2. The van der Waals surface area contributed by atoms with E-state index in [9.17, 15) is 23.9 Å². The monoisotopic (exact) mass is 420 g/mol. The van der Waals surface area contributed by atoms with Gasteiger partial charge in [-0.25, -0.2) is 9.18 Å². The van der Waals surface area contributed by atoms with E-state index in [1.165, 1.54) is 19.1 Å². The molecule has 3 rings (SSSR count). The van der Waals surface area contributed by atoms with Crippen LogP contribution >= 0.6 is 0 Å². The first-order chi connectivity index (χ1) is 14.3. The summed E-state index contributed by atoms with van der Waals surface area (Å²) in [4.78, 5) is 32.9. The number of nitrogens with two attached hydrogens (primary N) is 1. The molecular formula is C20H23FN3O6-. The maximum absolute atomic E-state index is 13.2. The summed E-state index contributed by atoms with van der Waals surface area (Å²) >= 11 is 0. The van der Waals surface area contributed by atoms with E-state index in [0.29, 0.717) is 18.2 Å². The van der Waals surface area contributed by atoms with Crippen molar-refractivity contribution < 1.29 is 33.1 Å². The molecule has 1 aromatic carbocycles. The number of halogens is 1. The highest BCUT2D eigenvalue weighted by molar-refractivity contribution is 5.89. The number of nitrogens with zero attached hydrogens (tertiary/aromatic N) is 2. The molecule has 1 saturated heterocycles. The van der Waals surface area contributed by atoms with Crippen LogP contribution in [0.4, 0.5) is 4.39 Å². The second-order valence-corrected chi connectivity index (χ2v) is 6.75. The van der Waals surface area contributed by atoms with Crippen molar-refractivity contribution in [3.05, 3.63) is 41.9 Å². The SMILES string of the molecule is CC(N)=O.O=C([O-])/C=C/C(=O)OCCN1CCC(c2noc3cc(F)ccc23)CC1. The van der Waals surface area contributed by atoms with Gasteiger partial charge in [0, 0.05) is 36.9 Å². The number of benzene rings is 1. The number of likely N-dealkylation sites (tertiary alicyclic amines) is 1. The van der Waals surface area contributed by atoms with E-state index in [1.54, 1.807) is 6.07 Å². The fraction of sp³-hybridized carbons (Fsp3) is 0.400. The highest BCUT2D eigenvalue weighted by Crippen LogP contribution is 2.32. The van der Waals surface area contributed by atoms with Crippen molar-refractivity contribution in [2.45, 2.75) is 25.7 Å². The molecule has 1 amide bonds. The molecule has 1 fully saturated rings. The zero-order valence-corrected chi connectivity index (χ0v) is 16.5. The van der Waals surface area contributed by atoms with Crippen LogP contribution in [0.25, 0.3) is 11.0 Å². The summed E-state index contributed by atoms with van der Waals surface area (Å²) in [5.41, 5.74) is 5.79. The van der Waals surface area contributed by atoms with E-state index < -0.39 is 11.9 Å². The molecule has 0 spiro atoms. The van der Waals surface area contributed by atoms with Crippen molar-refractivity contribution in [2.24, 2.45) is 5.73 Å². The Bertz CT molecular complexity index is 914. The fourth-order valence-corrected chi connectivity index (χ4v) is 3.11. The van der Waals surface area contributed by atoms with Gasteiger partial charge in [0.2, 0.25) is 5.91 Å². The number of amides is 1. The fourth-order valence-electron chi connectivity index (χ4n) is 3.11. The highest BCUT2D eigenvalue weighted by Gasteiger charge is 2.25. The van der Waals surface area contributed by atoms with Crippen LogP contribution in [0.15, 0.2) is 34.9 Å². The van der Waals surface area contributed by atoms with E-state index in [0.717, 1.165) is 43.1 Å². The van der Waals surface area contributed by atoms with E-state index >= 15 is 0 Å². The number of hydrogen-bond donors (Lipinski definition) is 1. The Labute approximate surface area is 172 Å². The molecule has 0 radical (unpaired) electrons. The van der Waals surface area contributed by atoms with Crippen molar-refractivity contribution in [3.63, 3.8) is 0 Å². The van der Waals surface area contributed by atoms with Gasteiger partial charge in [0.05, 0.1) is 11.7 Å². The lowest BCUT2D eigenvalue weighted by Gasteiger charge is -2.30. The van der Waals surface area contributed by atoms with Crippen LogP contribution in [0, 0.1) is 5.82 Å². The Morgan fingerprint density at radius 3 is 2.63 bits per heavy atom. The molecular weight excluding hydrogens is 397 g/mol. The molecule has 10 heteroatoms. The number of aliphatic carboxylic acids is 1. The van der Waals surface area contributed by atoms with Crippen LogP contribution in [-0.2, 0) is 19.1 Å². The van der Waals surface area contributed by atoms with Crippen molar-refractivity contribution in [2.75, 3.05) is 26.2 Å². The van der Waals surface area contributed by atoms with Crippen molar-refractivity contribution in [1.29, 1.82) is 0 Å². The molecule has 30 heavy (non-hydrogen) atoms. The van der Waals surface area contributed by atoms with Crippen molar-refractivity contribution in [3.8, 4) is 0 Å². The third kappa shape index (κ3) is 7.28. The number of carboxylic acid groups (broad SMARTS) is 1. The largest absolute Gasteiger partial charge is 0.545 e. The molecule has 0 aliphatic carbocycles. The average Bonchev–Trinajstić information content (AvgIpc) is 3.09.